The third-order valence-corrected chi connectivity index (χ3v) is 9.93. The largest absolute Gasteiger partial charge is 0.374 e. The number of rotatable bonds is 4. The molecule has 0 N–H and O–H groups in total. The van der Waals surface area contributed by atoms with Gasteiger partial charge in [-0.25, -0.2) is 0 Å². The molecule has 6 nitrogen and oxygen atoms in total. The van der Waals surface area contributed by atoms with Crippen LogP contribution in [-0.2, 0) is 20.9 Å². The van der Waals surface area contributed by atoms with E-state index in [0.717, 1.165) is 32.1 Å². The first-order valence-corrected chi connectivity index (χ1v) is 11.8. The van der Waals surface area contributed by atoms with E-state index in [0.29, 0.717) is 48.2 Å². The topological polar surface area (TPSA) is 74.1 Å². The number of aromatic nitrogens is 3. The number of fused-ring (bicyclic) bond motifs is 5. The predicted octanol–water partition coefficient (Wildman–Crippen LogP) is 3.70. The number of carbonyl (C=O) groups excluding carboxylic acids is 2. The Morgan fingerprint density at radius 2 is 1.83 bits per heavy atom. The zero-order chi connectivity index (χ0) is 21.1. The first-order valence-electron chi connectivity index (χ1n) is 11.8. The normalized spacial score (nSPS) is 45.5. The molecule has 164 valence electrons. The Balaban J connectivity index is 1.37. The summed E-state index contributed by atoms with van der Waals surface area (Å²) < 4.78 is 5.59. The highest BCUT2D eigenvalue weighted by Gasteiger charge is 2.62. The van der Waals surface area contributed by atoms with Crippen LogP contribution in [0, 0.1) is 40.4 Å². The Bertz CT molecular complexity index is 824. The van der Waals surface area contributed by atoms with Crippen molar-refractivity contribution in [1.29, 1.82) is 0 Å². The highest BCUT2D eigenvalue weighted by molar-refractivity contribution is 5.84. The predicted molar refractivity (Wildman–Crippen MR) is 111 cm³/mol. The van der Waals surface area contributed by atoms with E-state index in [9.17, 15) is 9.59 Å². The molecule has 0 bridgehead atoms. The number of nitrogens with zero attached hydrogens (tertiary/aromatic N) is 3. The van der Waals surface area contributed by atoms with E-state index >= 15 is 0 Å². The maximum absolute atomic E-state index is 13.2. The van der Waals surface area contributed by atoms with Gasteiger partial charge >= 0.3 is 0 Å². The van der Waals surface area contributed by atoms with E-state index in [1.165, 1.54) is 17.6 Å². The maximum Gasteiger partial charge on any atom is 0.161 e. The first-order chi connectivity index (χ1) is 14.4. The summed E-state index contributed by atoms with van der Waals surface area (Å²) in [6.07, 6.45) is 11.5. The van der Waals surface area contributed by atoms with E-state index in [1.807, 2.05) is 0 Å². The Morgan fingerprint density at radius 3 is 2.57 bits per heavy atom. The molecule has 1 aromatic rings. The van der Waals surface area contributed by atoms with E-state index in [1.54, 1.807) is 19.5 Å². The molecule has 0 radical (unpaired) electrons. The number of methoxy groups -OCH3 is 1. The van der Waals surface area contributed by atoms with Crippen molar-refractivity contribution in [2.24, 2.45) is 40.4 Å². The fraction of sp³-hybridized carbons (Fsp3) is 0.833. The van der Waals surface area contributed by atoms with Crippen molar-refractivity contribution in [3.63, 3.8) is 0 Å². The molecule has 4 aliphatic carbocycles. The number of ether oxygens (including phenoxy) is 1. The minimum atomic E-state index is -0.224. The zero-order valence-electron chi connectivity index (χ0n) is 18.5. The van der Waals surface area contributed by atoms with Gasteiger partial charge in [0.2, 0.25) is 0 Å². The lowest BCUT2D eigenvalue weighted by Gasteiger charge is -2.60. The van der Waals surface area contributed by atoms with Crippen LogP contribution >= 0.6 is 0 Å². The van der Waals surface area contributed by atoms with Crippen molar-refractivity contribution < 1.29 is 14.3 Å². The van der Waals surface area contributed by atoms with Gasteiger partial charge < -0.3 is 4.74 Å². The van der Waals surface area contributed by atoms with Crippen LogP contribution in [0.5, 0.6) is 0 Å². The molecule has 1 heterocycles. The molecule has 1 aromatic heterocycles. The number of ketones is 2. The highest BCUT2D eigenvalue weighted by Crippen LogP contribution is 2.67. The van der Waals surface area contributed by atoms with E-state index in [2.05, 4.69) is 24.0 Å². The lowest BCUT2D eigenvalue weighted by Crippen LogP contribution is -2.56. The van der Waals surface area contributed by atoms with Gasteiger partial charge in [-0.15, -0.1) is 0 Å². The molecule has 5 rings (SSSR count). The molecule has 6 heteroatoms. The molecule has 4 fully saturated rings. The van der Waals surface area contributed by atoms with Gasteiger partial charge in [-0.3, -0.25) is 9.59 Å². The van der Waals surface area contributed by atoms with Crippen LogP contribution in [0.1, 0.15) is 65.2 Å². The molecule has 4 saturated carbocycles. The van der Waals surface area contributed by atoms with Gasteiger partial charge in [-0.1, -0.05) is 13.8 Å². The third kappa shape index (κ3) is 2.93. The van der Waals surface area contributed by atoms with Crippen molar-refractivity contribution in [2.75, 3.05) is 7.11 Å². The fourth-order valence-electron chi connectivity index (χ4n) is 8.39. The summed E-state index contributed by atoms with van der Waals surface area (Å²) in [4.78, 5) is 27.2. The quantitative estimate of drug-likeness (QED) is 0.752. The average Bonchev–Trinajstić information content (AvgIpc) is 3.34. The van der Waals surface area contributed by atoms with Gasteiger partial charge in [0, 0.05) is 19.4 Å². The highest BCUT2D eigenvalue weighted by atomic mass is 16.5. The van der Waals surface area contributed by atoms with Crippen molar-refractivity contribution in [2.45, 2.75) is 77.9 Å². The molecule has 4 aliphatic rings. The molecular formula is C24H35N3O3. The van der Waals surface area contributed by atoms with Gasteiger partial charge in [-0.05, 0) is 79.4 Å². The minimum absolute atomic E-state index is 0.0970. The lowest BCUT2D eigenvalue weighted by atomic mass is 9.44. The summed E-state index contributed by atoms with van der Waals surface area (Å²) in [6.45, 7) is 5.12. The summed E-state index contributed by atoms with van der Waals surface area (Å²) in [5, 5.41) is 8.28. The van der Waals surface area contributed by atoms with Gasteiger partial charge in [0.05, 0.1) is 12.4 Å². The summed E-state index contributed by atoms with van der Waals surface area (Å²) in [5.74, 6) is 3.19. The maximum atomic E-state index is 13.2. The number of Topliss-reactive ketones (excluding diaryl/α,β-unsaturated/α-hetero) is 2. The second-order valence-electron chi connectivity index (χ2n) is 11.0. The van der Waals surface area contributed by atoms with Crippen LogP contribution in [0.4, 0.5) is 0 Å². The molecular weight excluding hydrogens is 378 g/mol. The van der Waals surface area contributed by atoms with Crippen molar-refractivity contribution in [1.82, 2.24) is 15.0 Å². The van der Waals surface area contributed by atoms with Gasteiger partial charge in [0.25, 0.3) is 0 Å². The molecule has 0 saturated heterocycles. The third-order valence-electron chi connectivity index (χ3n) is 9.93. The van der Waals surface area contributed by atoms with E-state index in [4.69, 9.17) is 4.74 Å². The number of hydrogen-bond acceptors (Lipinski definition) is 5. The summed E-state index contributed by atoms with van der Waals surface area (Å²) in [7, 11) is 1.69. The van der Waals surface area contributed by atoms with E-state index in [-0.39, 0.29) is 22.9 Å². The lowest BCUT2D eigenvalue weighted by molar-refractivity contribution is -0.159. The standard InChI is InChI=1S/C24H35N3O3/c1-23-9-8-18-16(5-4-15-12-20(28)22(30-3)13-24(15,18)2)17(23)6-7-19(23)21(29)14-27-25-10-11-26-27/h10-11,15-19,22H,4-9,12-14H2,1-3H3/t15-,16-,17-,18-,19+,22-,23-,24-/m0/s1. The van der Waals surface area contributed by atoms with Gasteiger partial charge in [-0.2, -0.15) is 15.0 Å². The first kappa shape index (κ1) is 20.3. The Morgan fingerprint density at radius 1 is 1.10 bits per heavy atom. The Kier molecular flexibility index (Phi) is 4.92. The van der Waals surface area contributed by atoms with Gasteiger partial charge in [0.15, 0.2) is 11.6 Å². The monoisotopic (exact) mass is 413 g/mol. The van der Waals surface area contributed by atoms with Gasteiger partial charge in [0.1, 0.15) is 12.6 Å². The van der Waals surface area contributed by atoms with Crippen LogP contribution in [0.15, 0.2) is 12.4 Å². The molecule has 0 aliphatic heterocycles. The molecule has 0 unspecified atom stereocenters. The Labute approximate surface area is 179 Å². The van der Waals surface area contributed by atoms with Crippen LogP contribution in [0.25, 0.3) is 0 Å². The molecule has 0 amide bonds. The second kappa shape index (κ2) is 7.25. The smallest absolute Gasteiger partial charge is 0.161 e. The van der Waals surface area contributed by atoms with Crippen molar-refractivity contribution in [3.8, 4) is 0 Å². The van der Waals surface area contributed by atoms with Crippen LogP contribution in [-0.4, -0.2) is 39.8 Å². The summed E-state index contributed by atoms with van der Waals surface area (Å²) in [6, 6.07) is 0. The van der Waals surface area contributed by atoms with Crippen LogP contribution in [0.3, 0.4) is 0 Å². The van der Waals surface area contributed by atoms with Crippen LogP contribution < -0.4 is 0 Å². The molecule has 8 atom stereocenters. The molecule has 30 heavy (non-hydrogen) atoms. The fourth-order valence-corrected chi connectivity index (χ4v) is 8.39. The van der Waals surface area contributed by atoms with Crippen molar-refractivity contribution in [3.05, 3.63) is 12.4 Å². The van der Waals surface area contributed by atoms with E-state index < -0.39 is 0 Å². The average molecular weight is 414 g/mol. The van der Waals surface area contributed by atoms with Crippen LogP contribution in [0.2, 0.25) is 0 Å². The zero-order valence-corrected chi connectivity index (χ0v) is 18.5. The summed E-state index contributed by atoms with van der Waals surface area (Å²) >= 11 is 0. The molecule has 0 spiro atoms. The SMILES string of the molecule is CO[C@H]1C[C@@]2(C)[C@@H](CC[C@@H]3[C@@H]2CC[C@]2(C)[C@@H](C(=O)Cn4nccn4)CC[C@@H]32)CC1=O. The van der Waals surface area contributed by atoms with Crippen molar-refractivity contribution >= 4 is 11.6 Å². The molecule has 0 aromatic carbocycles. The second-order valence-corrected chi connectivity index (χ2v) is 11.0. The Hall–Kier alpha value is -1.56. The number of hydrogen-bond donors (Lipinski definition) is 0. The number of carbonyl (C=O) groups is 2. The summed E-state index contributed by atoms with van der Waals surface area (Å²) in [5.41, 5.74) is 0.291. The minimum Gasteiger partial charge on any atom is -0.374 e.